The van der Waals surface area contributed by atoms with E-state index in [9.17, 15) is 4.39 Å². The predicted octanol–water partition coefficient (Wildman–Crippen LogP) is 2.88. The third-order valence-electron chi connectivity index (χ3n) is 2.47. The molecule has 1 aromatic carbocycles. The summed E-state index contributed by atoms with van der Waals surface area (Å²) in [5.74, 6) is 0.292. The van der Waals surface area contributed by atoms with E-state index in [2.05, 4.69) is 21.0 Å². The maximum atomic E-state index is 13.0. The molecule has 3 nitrogen and oxygen atoms in total. The van der Waals surface area contributed by atoms with E-state index in [0.29, 0.717) is 10.3 Å². The molecule has 2 aromatic rings. The summed E-state index contributed by atoms with van der Waals surface area (Å²) < 4.78 is 15.3. The molecular formula is C11H11BrFN3. The molecule has 84 valence electrons. The molecular weight excluding hydrogens is 273 g/mol. The third-order valence-corrected chi connectivity index (χ3v) is 3.12. The molecule has 2 rings (SSSR count). The number of benzene rings is 1. The SMILES string of the molecule is Cc1nn(C)c(N)c1-c1ccc(F)cc1Br. The summed E-state index contributed by atoms with van der Waals surface area (Å²) in [6.07, 6.45) is 0. The Kier molecular flexibility index (Phi) is 2.71. The molecule has 0 amide bonds. The fourth-order valence-electron chi connectivity index (χ4n) is 1.70. The van der Waals surface area contributed by atoms with Crippen molar-refractivity contribution in [3.63, 3.8) is 0 Å². The van der Waals surface area contributed by atoms with Crippen LogP contribution in [0.2, 0.25) is 0 Å². The van der Waals surface area contributed by atoms with E-state index in [4.69, 9.17) is 5.73 Å². The highest BCUT2D eigenvalue weighted by Crippen LogP contribution is 2.34. The monoisotopic (exact) mass is 283 g/mol. The van der Waals surface area contributed by atoms with Crippen LogP contribution in [0.25, 0.3) is 11.1 Å². The molecule has 0 spiro atoms. The second-order valence-corrected chi connectivity index (χ2v) is 4.45. The summed E-state index contributed by atoms with van der Waals surface area (Å²) >= 11 is 3.33. The van der Waals surface area contributed by atoms with Gasteiger partial charge >= 0.3 is 0 Å². The second-order valence-electron chi connectivity index (χ2n) is 3.59. The predicted molar refractivity (Wildman–Crippen MR) is 65.5 cm³/mol. The number of nitrogens with two attached hydrogens (primary N) is 1. The lowest BCUT2D eigenvalue weighted by atomic mass is 10.1. The van der Waals surface area contributed by atoms with E-state index >= 15 is 0 Å². The van der Waals surface area contributed by atoms with Crippen LogP contribution in [0.3, 0.4) is 0 Å². The van der Waals surface area contributed by atoms with Crippen LogP contribution in [0.5, 0.6) is 0 Å². The van der Waals surface area contributed by atoms with Crippen LogP contribution in [0.15, 0.2) is 22.7 Å². The van der Waals surface area contributed by atoms with Crippen molar-refractivity contribution in [1.82, 2.24) is 9.78 Å². The minimum Gasteiger partial charge on any atom is -0.383 e. The maximum Gasteiger partial charge on any atom is 0.129 e. The third kappa shape index (κ3) is 1.71. The zero-order valence-electron chi connectivity index (χ0n) is 8.96. The lowest BCUT2D eigenvalue weighted by molar-refractivity contribution is 0.627. The van der Waals surface area contributed by atoms with Crippen molar-refractivity contribution < 1.29 is 4.39 Å². The Morgan fingerprint density at radius 2 is 2.12 bits per heavy atom. The minimum absolute atomic E-state index is 0.282. The lowest BCUT2D eigenvalue weighted by Gasteiger charge is -2.05. The van der Waals surface area contributed by atoms with Gasteiger partial charge in [-0.25, -0.2) is 4.39 Å². The topological polar surface area (TPSA) is 43.8 Å². The first-order valence-electron chi connectivity index (χ1n) is 4.75. The van der Waals surface area contributed by atoms with Gasteiger partial charge in [0.1, 0.15) is 11.6 Å². The van der Waals surface area contributed by atoms with Crippen LogP contribution >= 0.6 is 15.9 Å². The molecule has 0 aliphatic heterocycles. The van der Waals surface area contributed by atoms with Crippen molar-refractivity contribution in [3.05, 3.63) is 34.2 Å². The minimum atomic E-state index is -0.282. The zero-order valence-corrected chi connectivity index (χ0v) is 10.5. The van der Waals surface area contributed by atoms with Crippen LogP contribution < -0.4 is 5.73 Å². The van der Waals surface area contributed by atoms with Gasteiger partial charge in [0.15, 0.2) is 0 Å². The summed E-state index contributed by atoms with van der Waals surface area (Å²) in [5.41, 5.74) is 8.45. The first-order chi connectivity index (χ1) is 7.50. The fraction of sp³-hybridized carbons (Fsp3) is 0.182. The molecule has 1 aromatic heterocycles. The van der Waals surface area contributed by atoms with Crippen LogP contribution in [-0.4, -0.2) is 9.78 Å². The summed E-state index contributed by atoms with van der Waals surface area (Å²) in [7, 11) is 1.78. The highest BCUT2D eigenvalue weighted by Gasteiger charge is 2.15. The Labute approximate surface area is 101 Å². The van der Waals surface area contributed by atoms with Gasteiger partial charge in [0, 0.05) is 22.6 Å². The molecule has 0 unspecified atom stereocenters. The molecule has 0 fully saturated rings. The molecule has 0 aliphatic carbocycles. The van der Waals surface area contributed by atoms with Crippen molar-refractivity contribution in [2.24, 2.45) is 7.05 Å². The Hall–Kier alpha value is -1.36. The van der Waals surface area contributed by atoms with Crippen LogP contribution in [-0.2, 0) is 7.05 Å². The van der Waals surface area contributed by atoms with Gasteiger partial charge in [0.25, 0.3) is 0 Å². The van der Waals surface area contributed by atoms with Crippen molar-refractivity contribution in [3.8, 4) is 11.1 Å². The summed E-state index contributed by atoms with van der Waals surface area (Å²) in [6, 6.07) is 4.52. The number of rotatable bonds is 1. The molecule has 1 heterocycles. The van der Waals surface area contributed by atoms with E-state index in [1.807, 2.05) is 6.92 Å². The van der Waals surface area contributed by atoms with E-state index in [1.165, 1.54) is 12.1 Å². The number of aryl methyl sites for hydroxylation is 2. The molecule has 16 heavy (non-hydrogen) atoms. The fourth-order valence-corrected chi connectivity index (χ4v) is 2.25. The van der Waals surface area contributed by atoms with Gasteiger partial charge in [0.05, 0.1) is 5.69 Å². The van der Waals surface area contributed by atoms with Crippen LogP contribution in [0.1, 0.15) is 5.69 Å². The first kappa shape index (κ1) is 11.1. The molecule has 0 aliphatic rings. The second kappa shape index (κ2) is 3.90. The van der Waals surface area contributed by atoms with Gasteiger partial charge in [0.2, 0.25) is 0 Å². The molecule has 0 saturated heterocycles. The molecule has 0 saturated carbocycles. The number of aromatic nitrogens is 2. The normalized spacial score (nSPS) is 10.8. The smallest absolute Gasteiger partial charge is 0.129 e. The standard InChI is InChI=1S/C11H11BrFN3/c1-6-10(11(14)16(2)15-6)8-4-3-7(13)5-9(8)12/h3-5H,14H2,1-2H3. The number of nitrogens with zero attached hydrogens (tertiary/aromatic N) is 2. The average molecular weight is 284 g/mol. The van der Waals surface area contributed by atoms with Gasteiger partial charge in [-0.3, -0.25) is 4.68 Å². The highest BCUT2D eigenvalue weighted by atomic mass is 79.9. The Bertz CT molecular complexity index is 548. The van der Waals surface area contributed by atoms with Gasteiger partial charge in [-0.2, -0.15) is 5.10 Å². The Balaban J connectivity index is 2.67. The largest absolute Gasteiger partial charge is 0.383 e. The zero-order chi connectivity index (χ0) is 11.9. The van der Waals surface area contributed by atoms with Gasteiger partial charge in [-0.15, -0.1) is 0 Å². The molecule has 0 atom stereocenters. The Morgan fingerprint density at radius 1 is 1.44 bits per heavy atom. The highest BCUT2D eigenvalue weighted by molar-refractivity contribution is 9.10. The van der Waals surface area contributed by atoms with Gasteiger partial charge < -0.3 is 5.73 Å². The van der Waals surface area contributed by atoms with E-state index < -0.39 is 0 Å². The molecule has 0 radical (unpaired) electrons. The number of halogens is 2. The van der Waals surface area contributed by atoms with Gasteiger partial charge in [-0.05, 0) is 19.1 Å². The Morgan fingerprint density at radius 3 is 2.62 bits per heavy atom. The maximum absolute atomic E-state index is 13.0. The molecule has 2 N–H and O–H groups in total. The summed E-state index contributed by atoms with van der Waals surface area (Å²) in [6.45, 7) is 1.88. The number of hydrogen-bond donors (Lipinski definition) is 1. The summed E-state index contributed by atoms with van der Waals surface area (Å²) in [5, 5.41) is 4.23. The number of hydrogen-bond acceptors (Lipinski definition) is 2. The van der Waals surface area contributed by atoms with Crippen molar-refractivity contribution in [2.75, 3.05) is 5.73 Å². The number of nitrogen functional groups attached to an aromatic ring is 1. The van der Waals surface area contributed by atoms with Crippen LogP contribution in [0, 0.1) is 12.7 Å². The van der Waals surface area contributed by atoms with E-state index in [0.717, 1.165) is 16.8 Å². The first-order valence-corrected chi connectivity index (χ1v) is 5.54. The molecule has 0 bridgehead atoms. The average Bonchev–Trinajstić information content (AvgIpc) is 2.43. The van der Waals surface area contributed by atoms with E-state index in [-0.39, 0.29) is 5.82 Å². The quantitative estimate of drug-likeness (QED) is 0.875. The van der Waals surface area contributed by atoms with Crippen molar-refractivity contribution in [2.45, 2.75) is 6.92 Å². The van der Waals surface area contributed by atoms with Crippen molar-refractivity contribution in [1.29, 1.82) is 0 Å². The molecule has 5 heteroatoms. The van der Waals surface area contributed by atoms with E-state index in [1.54, 1.807) is 17.8 Å². The lowest BCUT2D eigenvalue weighted by Crippen LogP contribution is -1.98. The van der Waals surface area contributed by atoms with Gasteiger partial charge in [-0.1, -0.05) is 22.0 Å². The summed E-state index contributed by atoms with van der Waals surface area (Å²) in [4.78, 5) is 0. The van der Waals surface area contributed by atoms with Crippen molar-refractivity contribution >= 4 is 21.7 Å². The number of anilines is 1. The van der Waals surface area contributed by atoms with Crippen LogP contribution in [0.4, 0.5) is 10.2 Å².